The Hall–Kier alpha value is -1.31. The quantitative estimate of drug-likeness (QED) is 0.280. The van der Waals surface area contributed by atoms with Crippen LogP contribution in [0.3, 0.4) is 0 Å². The third-order valence-corrected chi connectivity index (χ3v) is 5.48. The van der Waals surface area contributed by atoms with Gasteiger partial charge in [-0.1, -0.05) is 116 Å². The third-order valence-electron chi connectivity index (χ3n) is 5.48. The largest absolute Gasteiger partial charge is 0.478 e. The van der Waals surface area contributed by atoms with Crippen molar-refractivity contribution in [2.24, 2.45) is 5.92 Å². The highest BCUT2D eigenvalue weighted by atomic mass is 16.4. The van der Waals surface area contributed by atoms with E-state index < -0.39 is 5.97 Å². The van der Waals surface area contributed by atoms with Crippen molar-refractivity contribution < 1.29 is 9.90 Å². The summed E-state index contributed by atoms with van der Waals surface area (Å²) in [6.45, 7) is 4.64. The normalized spacial score (nSPS) is 11.2. The Morgan fingerprint density at radius 2 is 1.19 bits per heavy atom. The zero-order chi connectivity index (χ0) is 19.7. The second-order valence-electron chi connectivity index (χ2n) is 8.49. The summed E-state index contributed by atoms with van der Waals surface area (Å²) in [7, 11) is 0. The fourth-order valence-electron chi connectivity index (χ4n) is 3.76. The van der Waals surface area contributed by atoms with E-state index in [-0.39, 0.29) is 0 Å². The number of carboxylic acids is 1. The Bertz CT molecular complexity index is 493. The minimum Gasteiger partial charge on any atom is -0.478 e. The van der Waals surface area contributed by atoms with Crippen LogP contribution >= 0.6 is 0 Å². The van der Waals surface area contributed by atoms with E-state index in [4.69, 9.17) is 0 Å². The molecule has 1 N–H and O–H groups in total. The maximum atomic E-state index is 11.2. The molecule has 0 saturated heterocycles. The Balaban J connectivity index is 1.87. The first-order chi connectivity index (χ1) is 13.1. The molecule has 0 aliphatic rings. The van der Waals surface area contributed by atoms with E-state index in [2.05, 4.69) is 13.8 Å². The number of rotatable bonds is 17. The second-order valence-corrected chi connectivity index (χ2v) is 8.49. The van der Waals surface area contributed by atoms with Gasteiger partial charge in [0, 0.05) is 0 Å². The van der Waals surface area contributed by atoms with E-state index in [1.165, 1.54) is 83.5 Å². The molecule has 0 amide bonds. The topological polar surface area (TPSA) is 37.3 Å². The van der Waals surface area contributed by atoms with Crippen LogP contribution in [0.25, 0.3) is 0 Å². The van der Waals surface area contributed by atoms with Gasteiger partial charge >= 0.3 is 5.97 Å². The lowest BCUT2D eigenvalue weighted by Crippen LogP contribution is -2.02. The number of carbonyl (C=O) groups is 1. The van der Waals surface area contributed by atoms with Crippen LogP contribution in [0.5, 0.6) is 0 Å². The fourth-order valence-corrected chi connectivity index (χ4v) is 3.76. The molecule has 0 aliphatic carbocycles. The highest BCUT2D eigenvalue weighted by Gasteiger charge is 2.07. The van der Waals surface area contributed by atoms with Gasteiger partial charge in [-0.3, -0.25) is 0 Å². The number of unbranched alkanes of at least 4 members (excludes halogenated alkanes) is 12. The van der Waals surface area contributed by atoms with Gasteiger partial charge in [0.1, 0.15) is 0 Å². The van der Waals surface area contributed by atoms with Gasteiger partial charge < -0.3 is 5.11 Å². The first-order valence-electron chi connectivity index (χ1n) is 11.4. The van der Waals surface area contributed by atoms with Crippen molar-refractivity contribution in [2.75, 3.05) is 0 Å². The maximum Gasteiger partial charge on any atom is 0.335 e. The lowest BCUT2D eigenvalue weighted by atomic mass is 10.00. The Morgan fingerprint density at radius 3 is 1.67 bits per heavy atom. The molecule has 2 heteroatoms. The van der Waals surface area contributed by atoms with Crippen LogP contribution in [0.1, 0.15) is 120 Å². The maximum absolute atomic E-state index is 11.2. The number of hydrogen-bond donors (Lipinski definition) is 1. The van der Waals surface area contributed by atoms with Crippen LogP contribution in [-0.2, 0) is 6.42 Å². The molecular weight excluding hydrogens is 332 g/mol. The highest BCUT2D eigenvalue weighted by Crippen LogP contribution is 2.16. The van der Waals surface area contributed by atoms with Crippen LogP contribution < -0.4 is 0 Å². The molecule has 0 aliphatic heterocycles. The molecule has 0 fully saturated rings. The molecule has 0 radical (unpaired) electrons. The van der Waals surface area contributed by atoms with Crippen molar-refractivity contribution in [1.82, 2.24) is 0 Å². The number of aromatic carboxylic acids is 1. The van der Waals surface area contributed by atoms with Crippen LogP contribution in [0, 0.1) is 5.92 Å². The first kappa shape index (κ1) is 23.7. The smallest absolute Gasteiger partial charge is 0.335 e. The molecular formula is C25H42O2. The van der Waals surface area contributed by atoms with Crippen LogP contribution in [0.15, 0.2) is 24.3 Å². The lowest BCUT2D eigenvalue weighted by molar-refractivity contribution is 0.0695. The van der Waals surface area contributed by atoms with Crippen molar-refractivity contribution in [1.29, 1.82) is 0 Å². The van der Waals surface area contributed by atoms with E-state index in [1.54, 1.807) is 12.1 Å². The van der Waals surface area contributed by atoms with Gasteiger partial charge in [-0.05, 0) is 30.4 Å². The molecule has 1 aromatic carbocycles. The molecule has 0 unspecified atom stereocenters. The van der Waals surface area contributed by atoms with Crippen LogP contribution in [-0.4, -0.2) is 11.1 Å². The monoisotopic (exact) mass is 374 g/mol. The van der Waals surface area contributed by atoms with Crippen LogP contribution in [0.4, 0.5) is 0 Å². The summed E-state index contributed by atoms with van der Waals surface area (Å²) in [6, 6.07) is 7.41. The minimum absolute atomic E-state index is 0.470. The third kappa shape index (κ3) is 12.7. The number of aryl methyl sites for hydroxylation is 1. The Labute approximate surface area is 167 Å². The molecule has 2 nitrogen and oxygen atoms in total. The van der Waals surface area contributed by atoms with Crippen molar-refractivity contribution in [3.8, 4) is 0 Å². The van der Waals surface area contributed by atoms with E-state index in [9.17, 15) is 9.90 Å². The summed E-state index contributed by atoms with van der Waals surface area (Å²) in [5.41, 5.74) is 1.45. The fraction of sp³-hybridized carbons (Fsp3) is 0.720. The zero-order valence-electron chi connectivity index (χ0n) is 17.8. The van der Waals surface area contributed by atoms with Crippen molar-refractivity contribution in [2.45, 2.75) is 110 Å². The summed E-state index contributed by atoms with van der Waals surface area (Å²) in [6.07, 6.45) is 19.9. The minimum atomic E-state index is -0.804. The van der Waals surface area contributed by atoms with Crippen molar-refractivity contribution >= 4 is 5.97 Å². The summed E-state index contributed by atoms with van der Waals surface area (Å²) in [4.78, 5) is 11.2. The highest BCUT2D eigenvalue weighted by molar-refractivity contribution is 5.89. The van der Waals surface area contributed by atoms with Gasteiger partial charge in [0.2, 0.25) is 0 Å². The number of hydrogen-bond acceptors (Lipinski definition) is 1. The summed E-state index contributed by atoms with van der Waals surface area (Å²) in [5, 5.41) is 9.20. The van der Waals surface area contributed by atoms with E-state index >= 15 is 0 Å². The van der Waals surface area contributed by atoms with E-state index in [0.29, 0.717) is 5.56 Å². The molecule has 0 spiro atoms. The summed E-state index contributed by atoms with van der Waals surface area (Å²) in [5.74, 6) is 0.0618. The average molecular weight is 375 g/mol. The van der Waals surface area contributed by atoms with Gasteiger partial charge in [-0.25, -0.2) is 4.79 Å². The van der Waals surface area contributed by atoms with Gasteiger partial charge in [-0.2, -0.15) is 0 Å². The van der Waals surface area contributed by atoms with Crippen molar-refractivity contribution in [3.63, 3.8) is 0 Å². The summed E-state index contributed by atoms with van der Waals surface area (Å²) < 4.78 is 0. The molecule has 0 bridgehead atoms. The first-order valence-corrected chi connectivity index (χ1v) is 11.4. The molecule has 0 aromatic heterocycles. The molecule has 1 aromatic rings. The van der Waals surface area contributed by atoms with Crippen LogP contribution in [0.2, 0.25) is 0 Å². The van der Waals surface area contributed by atoms with Gasteiger partial charge in [0.15, 0.2) is 0 Å². The van der Waals surface area contributed by atoms with E-state index in [1.807, 2.05) is 12.1 Å². The standard InChI is InChI=1S/C25H42O2/c1-22(2)18-14-12-10-8-6-4-3-5-7-9-11-13-15-19-23-20-16-17-21-24(23)25(26)27/h16-17,20-22H,3-15,18-19H2,1-2H3,(H,26,27). The van der Waals surface area contributed by atoms with E-state index in [0.717, 1.165) is 24.3 Å². The predicted octanol–water partition coefficient (Wildman–Crippen LogP) is 8.04. The molecule has 0 atom stereocenters. The summed E-state index contributed by atoms with van der Waals surface area (Å²) >= 11 is 0. The van der Waals surface area contributed by atoms with Gasteiger partial charge in [0.25, 0.3) is 0 Å². The second kappa shape index (κ2) is 15.7. The average Bonchev–Trinajstić information content (AvgIpc) is 2.64. The Kier molecular flexibility index (Phi) is 13.8. The Morgan fingerprint density at radius 1 is 0.741 bits per heavy atom. The van der Waals surface area contributed by atoms with Crippen molar-refractivity contribution in [3.05, 3.63) is 35.4 Å². The number of benzene rings is 1. The molecule has 0 heterocycles. The van der Waals surface area contributed by atoms with Gasteiger partial charge in [-0.15, -0.1) is 0 Å². The van der Waals surface area contributed by atoms with Gasteiger partial charge in [0.05, 0.1) is 5.56 Å². The zero-order valence-corrected chi connectivity index (χ0v) is 17.8. The number of carboxylic acid groups (broad SMARTS) is 1. The predicted molar refractivity (Wildman–Crippen MR) is 117 cm³/mol. The molecule has 154 valence electrons. The molecule has 0 saturated carbocycles. The SMILES string of the molecule is CC(C)CCCCCCCCCCCCCCCc1ccccc1C(=O)O. The molecule has 1 rings (SSSR count). The molecule has 27 heavy (non-hydrogen) atoms. The lowest BCUT2D eigenvalue weighted by Gasteiger charge is -2.06.